The zero-order chi connectivity index (χ0) is 13.8. The predicted octanol–water partition coefficient (Wildman–Crippen LogP) is 0.538. The van der Waals surface area contributed by atoms with E-state index in [0.29, 0.717) is 18.9 Å². The van der Waals surface area contributed by atoms with Crippen LogP contribution < -0.4 is 0 Å². The first kappa shape index (κ1) is 15.4. The minimum absolute atomic E-state index is 0.116. The molecule has 0 spiro atoms. The molecule has 1 heterocycles. The highest BCUT2D eigenvalue weighted by Crippen LogP contribution is 2.15. The van der Waals surface area contributed by atoms with E-state index in [9.17, 15) is 13.2 Å². The van der Waals surface area contributed by atoms with Crippen molar-refractivity contribution in [1.29, 1.82) is 0 Å². The Kier molecular flexibility index (Phi) is 5.55. The maximum absolute atomic E-state index is 12.0. The van der Waals surface area contributed by atoms with Crippen molar-refractivity contribution in [2.75, 3.05) is 25.4 Å². The molecular weight excluding hydrogens is 258 g/mol. The molecule has 1 unspecified atom stereocenters. The summed E-state index contributed by atoms with van der Waals surface area (Å²) in [5.74, 6) is -0.526. The Bertz CT molecular complexity index is 379. The largest absolute Gasteiger partial charge is 0.481 e. The lowest BCUT2D eigenvalue weighted by Gasteiger charge is -2.31. The van der Waals surface area contributed by atoms with Crippen LogP contribution in [0.5, 0.6) is 0 Å². The highest BCUT2D eigenvalue weighted by atomic mass is 32.2. The van der Waals surface area contributed by atoms with Gasteiger partial charge in [-0.15, -0.1) is 0 Å². The molecule has 0 amide bonds. The molecule has 0 aromatic heterocycles. The Balaban J connectivity index is 2.57. The maximum Gasteiger partial charge on any atom is 0.306 e. The number of carboxylic acid groups (broad SMARTS) is 1. The molecule has 7 heteroatoms. The summed E-state index contributed by atoms with van der Waals surface area (Å²) in [4.78, 5) is 10.6. The number of hydrogen-bond acceptors (Lipinski definition) is 4. The van der Waals surface area contributed by atoms with Crippen molar-refractivity contribution in [1.82, 2.24) is 4.31 Å². The molecule has 1 aliphatic heterocycles. The van der Waals surface area contributed by atoms with Gasteiger partial charge in [0.2, 0.25) is 10.0 Å². The number of sulfonamides is 1. The van der Waals surface area contributed by atoms with Gasteiger partial charge in [0.05, 0.1) is 24.9 Å². The minimum atomic E-state index is -3.29. The molecule has 106 valence electrons. The van der Waals surface area contributed by atoms with E-state index in [4.69, 9.17) is 9.84 Å². The van der Waals surface area contributed by atoms with Gasteiger partial charge in [-0.1, -0.05) is 13.8 Å². The third-order valence-electron chi connectivity index (χ3n) is 2.85. The zero-order valence-corrected chi connectivity index (χ0v) is 11.6. The summed E-state index contributed by atoms with van der Waals surface area (Å²) in [5.41, 5.74) is 0. The molecule has 0 aromatic carbocycles. The van der Waals surface area contributed by atoms with E-state index in [1.54, 1.807) is 0 Å². The van der Waals surface area contributed by atoms with Crippen LogP contribution in [0.25, 0.3) is 0 Å². The highest BCUT2D eigenvalue weighted by molar-refractivity contribution is 7.89. The zero-order valence-electron chi connectivity index (χ0n) is 10.8. The lowest BCUT2D eigenvalue weighted by Crippen LogP contribution is -2.47. The quantitative estimate of drug-likeness (QED) is 0.767. The average Bonchev–Trinajstić information content (AvgIpc) is 2.26. The fraction of sp³-hybridized carbons (Fsp3) is 0.909. The number of carbonyl (C=O) groups is 1. The van der Waals surface area contributed by atoms with Gasteiger partial charge in [-0.3, -0.25) is 4.79 Å². The Hall–Kier alpha value is -0.660. The van der Waals surface area contributed by atoms with E-state index in [-0.39, 0.29) is 25.3 Å². The Labute approximate surface area is 108 Å². The predicted molar refractivity (Wildman–Crippen MR) is 66.8 cm³/mol. The van der Waals surface area contributed by atoms with Crippen molar-refractivity contribution in [2.24, 2.45) is 5.92 Å². The summed E-state index contributed by atoms with van der Waals surface area (Å²) < 4.78 is 30.7. The summed E-state index contributed by atoms with van der Waals surface area (Å²) >= 11 is 0. The number of aliphatic carboxylic acids is 1. The van der Waals surface area contributed by atoms with Gasteiger partial charge in [0, 0.05) is 13.1 Å². The van der Waals surface area contributed by atoms with Gasteiger partial charge in [0.1, 0.15) is 0 Å². The summed E-state index contributed by atoms with van der Waals surface area (Å²) in [6, 6.07) is 0. The molecule has 1 rings (SSSR count). The fourth-order valence-corrected chi connectivity index (χ4v) is 3.55. The SMILES string of the molecule is CC(C)CCS(=O)(=O)N1CCOC(CC(=O)O)C1. The molecule has 1 atom stereocenters. The van der Waals surface area contributed by atoms with Crippen LogP contribution in [0.1, 0.15) is 26.7 Å². The van der Waals surface area contributed by atoms with Crippen molar-refractivity contribution in [2.45, 2.75) is 32.8 Å². The van der Waals surface area contributed by atoms with E-state index < -0.39 is 22.1 Å². The smallest absolute Gasteiger partial charge is 0.306 e. The van der Waals surface area contributed by atoms with E-state index in [1.807, 2.05) is 13.8 Å². The number of rotatable bonds is 6. The van der Waals surface area contributed by atoms with Gasteiger partial charge in [-0.05, 0) is 12.3 Å². The first-order valence-corrected chi connectivity index (χ1v) is 7.73. The second-order valence-corrected chi connectivity index (χ2v) is 7.04. The first-order chi connectivity index (χ1) is 8.31. The molecule has 1 fully saturated rings. The molecule has 0 saturated carbocycles. The second kappa shape index (κ2) is 6.49. The third-order valence-corrected chi connectivity index (χ3v) is 4.72. The van der Waals surface area contributed by atoms with E-state index >= 15 is 0 Å². The molecule has 0 radical (unpaired) electrons. The van der Waals surface area contributed by atoms with Gasteiger partial charge in [0.15, 0.2) is 0 Å². The van der Waals surface area contributed by atoms with Gasteiger partial charge < -0.3 is 9.84 Å². The fourth-order valence-electron chi connectivity index (χ4n) is 1.78. The van der Waals surface area contributed by atoms with Crippen LogP contribution in [0, 0.1) is 5.92 Å². The summed E-state index contributed by atoms with van der Waals surface area (Å²) in [5, 5.41) is 8.68. The standard InChI is InChI=1S/C11H21NO5S/c1-9(2)3-6-18(15,16)12-4-5-17-10(8-12)7-11(13)14/h9-10H,3-8H2,1-2H3,(H,13,14). The topological polar surface area (TPSA) is 83.9 Å². The van der Waals surface area contributed by atoms with Crippen LogP contribution in [0.2, 0.25) is 0 Å². The lowest BCUT2D eigenvalue weighted by atomic mass is 10.2. The molecule has 6 nitrogen and oxygen atoms in total. The molecular formula is C11H21NO5S. The molecule has 1 N–H and O–H groups in total. The molecule has 0 aromatic rings. The lowest BCUT2D eigenvalue weighted by molar-refractivity contribution is -0.141. The minimum Gasteiger partial charge on any atom is -0.481 e. The average molecular weight is 279 g/mol. The van der Waals surface area contributed by atoms with Crippen molar-refractivity contribution in [3.8, 4) is 0 Å². The van der Waals surface area contributed by atoms with Crippen molar-refractivity contribution in [3.63, 3.8) is 0 Å². The van der Waals surface area contributed by atoms with Crippen molar-refractivity contribution >= 4 is 16.0 Å². The van der Waals surface area contributed by atoms with E-state index in [1.165, 1.54) is 4.31 Å². The van der Waals surface area contributed by atoms with Crippen LogP contribution in [0.4, 0.5) is 0 Å². The number of morpholine rings is 1. The normalized spacial score (nSPS) is 22.3. The van der Waals surface area contributed by atoms with Crippen LogP contribution >= 0.6 is 0 Å². The van der Waals surface area contributed by atoms with Gasteiger partial charge >= 0.3 is 5.97 Å². The molecule has 18 heavy (non-hydrogen) atoms. The van der Waals surface area contributed by atoms with Gasteiger partial charge in [-0.2, -0.15) is 4.31 Å². The summed E-state index contributed by atoms with van der Waals surface area (Å²) in [6.45, 7) is 4.67. The summed E-state index contributed by atoms with van der Waals surface area (Å²) in [6.07, 6.45) is -0.0791. The van der Waals surface area contributed by atoms with Crippen LogP contribution in [0.15, 0.2) is 0 Å². The van der Waals surface area contributed by atoms with Crippen molar-refractivity contribution < 1.29 is 23.1 Å². The van der Waals surface area contributed by atoms with Gasteiger partial charge in [-0.25, -0.2) is 8.42 Å². The number of nitrogens with zero attached hydrogens (tertiary/aromatic N) is 1. The maximum atomic E-state index is 12.0. The molecule has 0 bridgehead atoms. The molecule has 1 aliphatic rings. The number of hydrogen-bond donors (Lipinski definition) is 1. The third kappa shape index (κ3) is 4.91. The van der Waals surface area contributed by atoms with Crippen molar-refractivity contribution in [3.05, 3.63) is 0 Å². The highest BCUT2D eigenvalue weighted by Gasteiger charge is 2.30. The Morgan fingerprint density at radius 2 is 2.17 bits per heavy atom. The molecule has 1 saturated heterocycles. The molecule has 0 aliphatic carbocycles. The number of ether oxygens (including phenoxy) is 1. The monoisotopic (exact) mass is 279 g/mol. The Morgan fingerprint density at radius 3 is 2.72 bits per heavy atom. The van der Waals surface area contributed by atoms with E-state index in [0.717, 1.165) is 0 Å². The second-order valence-electron chi connectivity index (χ2n) is 4.95. The van der Waals surface area contributed by atoms with Crippen LogP contribution in [-0.2, 0) is 19.6 Å². The van der Waals surface area contributed by atoms with Crippen LogP contribution in [-0.4, -0.2) is 55.4 Å². The Morgan fingerprint density at radius 1 is 1.50 bits per heavy atom. The number of carboxylic acids is 1. The first-order valence-electron chi connectivity index (χ1n) is 6.12. The van der Waals surface area contributed by atoms with Crippen LogP contribution in [0.3, 0.4) is 0 Å². The summed E-state index contributed by atoms with van der Waals surface area (Å²) in [7, 11) is -3.29. The van der Waals surface area contributed by atoms with E-state index in [2.05, 4.69) is 0 Å². The van der Waals surface area contributed by atoms with Gasteiger partial charge in [0.25, 0.3) is 0 Å².